The van der Waals surface area contributed by atoms with Crippen LogP contribution in [0.2, 0.25) is 5.28 Å². The van der Waals surface area contributed by atoms with Crippen molar-refractivity contribution in [3.63, 3.8) is 0 Å². The minimum Gasteiger partial charge on any atom is -0.299 e. The lowest BCUT2D eigenvalue weighted by atomic mass is 9.93. The van der Waals surface area contributed by atoms with Gasteiger partial charge in [0.05, 0.1) is 5.69 Å². The molecule has 6 heteroatoms. The average molecular weight is 323 g/mol. The molecule has 0 aliphatic carbocycles. The van der Waals surface area contributed by atoms with Gasteiger partial charge in [-0.1, -0.05) is 0 Å². The second-order valence-electron chi connectivity index (χ2n) is 5.60. The molecule has 21 heavy (non-hydrogen) atoms. The summed E-state index contributed by atoms with van der Waals surface area (Å²) in [5.41, 5.74) is 3.67. The van der Waals surface area contributed by atoms with E-state index < -0.39 is 0 Å². The van der Waals surface area contributed by atoms with Gasteiger partial charge in [0.1, 0.15) is 0 Å². The van der Waals surface area contributed by atoms with Gasteiger partial charge in [-0.3, -0.25) is 4.90 Å². The highest BCUT2D eigenvalue weighted by atomic mass is 35.5. The van der Waals surface area contributed by atoms with Crippen LogP contribution in [0.15, 0.2) is 12.3 Å². The summed E-state index contributed by atoms with van der Waals surface area (Å²) >= 11 is 7.49. The summed E-state index contributed by atoms with van der Waals surface area (Å²) in [6.07, 6.45) is 4.01. The third-order valence-electron chi connectivity index (χ3n) is 4.22. The van der Waals surface area contributed by atoms with Crippen molar-refractivity contribution in [2.24, 2.45) is 0 Å². The molecule has 0 amide bonds. The normalized spacial score (nSPS) is 17.3. The van der Waals surface area contributed by atoms with Gasteiger partial charge in [-0.15, -0.1) is 0 Å². The summed E-state index contributed by atoms with van der Waals surface area (Å²) in [6, 6.07) is 1.99. The minimum absolute atomic E-state index is 0.352. The lowest BCUT2D eigenvalue weighted by Gasteiger charge is -2.31. The van der Waals surface area contributed by atoms with E-state index in [1.165, 1.54) is 16.1 Å². The number of rotatable bonds is 3. The van der Waals surface area contributed by atoms with E-state index in [0.29, 0.717) is 11.2 Å². The second kappa shape index (κ2) is 6.38. The van der Waals surface area contributed by atoms with E-state index in [1.807, 2.05) is 6.07 Å². The monoisotopic (exact) mass is 322 g/mol. The Kier molecular flexibility index (Phi) is 4.52. The molecule has 3 rings (SSSR count). The van der Waals surface area contributed by atoms with Crippen LogP contribution in [0.5, 0.6) is 0 Å². The van der Waals surface area contributed by atoms with Crippen LogP contribution in [-0.4, -0.2) is 32.3 Å². The van der Waals surface area contributed by atoms with Crippen LogP contribution in [0.25, 0.3) is 0 Å². The number of halogens is 1. The average Bonchev–Trinajstić information content (AvgIpc) is 2.80. The SMILES string of the molecule is Cc1nsc(C)c1CN1CCC(c2ccnc(Cl)n2)CC1. The van der Waals surface area contributed by atoms with Crippen molar-refractivity contribution in [3.05, 3.63) is 39.4 Å². The third-order valence-corrected chi connectivity index (χ3v) is 5.28. The van der Waals surface area contributed by atoms with Crippen molar-refractivity contribution in [2.75, 3.05) is 13.1 Å². The molecule has 0 aromatic carbocycles. The van der Waals surface area contributed by atoms with Crippen molar-refractivity contribution in [1.29, 1.82) is 0 Å². The zero-order valence-corrected chi connectivity index (χ0v) is 13.9. The molecule has 1 aliphatic rings. The molecular formula is C15H19ClN4S. The summed E-state index contributed by atoms with van der Waals surface area (Å²) in [7, 11) is 0. The molecule has 0 unspecified atom stereocenters. The van der Waals surface area contributed by atoms with E-state index in [2.05, 4.69) is 33.1 Å². The Balaban J connectivity index is 1.60. The Labute approximate surface area is 134 Å². The van der Waals surface area contributed by atoms with Gasteiger partial charge in [0.15, 0.2) is 0 Å². The molecule has 1 aliphatic heterocycles. The number of likely N-dealkylation sites (tertiary alicyclic amines) is 1. The van der Waals surface area contributed by atoms with Crippen LogP contribution >= 0.6 is 23.1 Å². The zero-order chi connectivity index (χ0) is 14.8. The van der Waals surface area contributed by atoms with Crippen LogP contribution in [0.3, 0.4) is 0 Å². The lowest BCUT2D eigenvalue weighted by molar-refractivity contribution is 0.202. The summed E-state index contributed by atoms with van der Waals surface area (Å²) in [4.78, 5) is 12.2. The first-order valence-corrected chi connectivity index (χ1v) is 8.41. The Morgan fingerprint density at radius 2 is 2.10 bits per heavy atom. The first-order valence-electron chi connectivity index (χ1n) is 7.26. The van der Waals surface area contributed by atoms with Gasteiger partial charge < -0.3 is 0 Å². The van der Waals surface area contributed by atoms with Crippen molar-refractivity contribution >= 4 is 23.1 Å². The molecule has 0 saturated carbocycles. The number of piperidine rings is 1. The predicted octanol–water partition coefficient (Wildman–Crippen LogP) is 3.58. The molecule has 3 heterocycles. The maximum Gasteiger partial charge on any atom is 0.222 e. The maximum absolute atomic E-state index is 5.88. The standard InChI is InChI=1S/C15H19ClN4S/c1-10-13(11(2)21-19-10)9-20-7-4-12(5-8-20)14-3-6-17-15(16)18-14/h3,6,12H,4-5,7-9H2,1-2H3. The Hall–Kier alpha value is -1.04. The van der Waals surface area contributed by atoms with Crippen LogP contribution < -0.4 is 0 Å². The molecule has 1 saturated heterocycles. The quantitative estimate of drug-likeness (QED) is 0.810. The van der Waals surface area contributed by atoms with Gasteiger partial charge in [0, 0.05) is 34.8 Å². The topological polar surface area (TPSA) is 41.9 Å². The minimum atomic E-state index is 0.352. The van der Waals surface area contributed by atoms with Crippen LogP contribution in [0, 0.1) is 13.8 Å². The highest BCUT2D eigenvalue weighted by Crippen LogP contribution is 2.28. The number of hydrogen-bond donors (Lipinski definition) is 0. The van der Waals surface area contributed by atoms with E-state index in [-0.39, 0.29) is 0 Å². The molecule has 1 fully saturated rings. The number of aromatic nitrogens is 3. The largest absolute Gasteiger partial charge is 0.299 e. The first-order chi connectivity index (χ1) is 10.1. The van der Waals surface area contributed by atoms with Crippen molar-refractivity contribution in [1.82, 2.24) is 19.2 Å². The first kappa shape index (κ1) is 14.9. The molecule has 2 aromatic rings. The molecule has 112 valence electrons. The maximum atomic E-state index is 5.88. The van der Waals surface area contributed by atoms with Crippen molar-refractivity contribution in [3.8, 4) is 0 Å². The fraction of sp³-hybridized carbons (Fsp3) is 0.533. The third kappa shape index (κ3) is 3.42. The van der Waals surface area contributed by atoms with Gasteiger partial charge >= 0.3 is 0 Å². The van der Waals surface area contributed by atoms with Crippen molar-refractivity contribution in [2.45, 2.75) is 39.2 Å². The molecule has 2 aromatic heterocycles. The second-order valence-corrected chi connectivity index (χ2v) is 6.92. The highest BCUT2D eigenvalue weighted by molar-refractivity contribution is 7.05. The van der Waals surface area contributed by atoms with Crippen LogP contribution in [0.4, 0.5) is 0 Å². The van der Waals surface area contributed by atoms with Gasteiger partial charge in [0.25, 0.3) is 0 Å². The summed E-state index contributed by atoms with van der Waals surface area (Å²) in [5, 5.41) is 0.352. The molecule has 0 bridgehead atoms. The zero-order valence-electron chi connectivity index (χ0n) is 12.3. The fourth-order valence-electron chi connectivity index (χ4n) is 2.91. The molecule has 4 nitrogen and oxygen atoms in total. The summed E-state index contributed by atoms with van der Waals surface area (Å²) in [5.74, 6) is 0.504. The van der Waals surface area contributed by atoms with Crippen LogP contribution in [0.1, 0.15) is 40.6 Å². The summed E-state index contributed by atoms with van der Waals surface area (Å²) in [6.45, 7) is 7.48. The molecular weight excluding hydrogens is 304 g/mol. The van der Waals surface area contributed by atoms with Gasteiger partial charge in [-0.25, -0.2) is 9.97 Å². The Morgan fingerprint density at radius 3 is 2.71 bits per heavy atom. The van der Waals surface area contributed by atoms with E-state index in [1.54, 1.807) is 17.7 Å². The van der Waals surface area contributed by atoms with E-state index in [0.717, 1.165) is 38.2 Å². The van der Waals surface area contributed by atoms with E-state index in [9.17, 15) is 0 Å². The van der Waals surface area contributed by atoms with Gasteiger partial charge in [-0.05, 0) is 69.0 Å². The smallest absolute Gasteiger partial charge is 0.222 e. The number of hydrogen-bond acceptors (Lipinski definition) is 5. The molecule has 0 atom stereocenters. The Morgan fingerprint density at radius 1 is 1.33 bits per heavy atom. The van der Waals surface area contributed by atoms with Crippen molar-refractivity contribution < 1.29 is 0 Å². The van der Waals surface area contributed by atoms with Gasteiger partial charge in [0.2, 0.25) is 5.28 Å². The van der Waals surface area contributed by atoms with E-state index in [4.69, 9.17) is 11.6 Å². The number of nitrogens with zero attached hydrogens (tertiary/aromatic N) is 4. The number of aryl methyl sites for hydroxylation is 2. The summed E-state index contributed by atoms with van der Waals surface area (Å²) < 4.78 is 4.44. The molecule has 0 spiro atoms. The van der Waals surface area contributed by atoms with Crippen LogP contribution in [-0.2, 0) is 6.54 Å². The molecule has 0 radical (unpaired) electrons. The Bertz CT molecular complexity index is 600. The fourth-order valence-corrected chi connectivity index (χ4v) is 3.77. The molecule has 0 N–H and O–H groups in total. The van der Waals surface area contributed by atoms with Gasteiger partial charge in [-0.2, -0.15) is 4.37 Å². The van der Waals surface area contributed by atoms with E-state index >= 15 is 0 Å². The predicted molar refractivity (Wildman–Crippen MR) is 85.9 cm³/mol. The highest BCUT2D eigenvalue weighted by Gasteiger charge is 2.23. The lowest BCUT2D eigenvalue weighted by Crippen LogP contribution is -2.33.